The lowest BCUT2D eigenvalue weighted by Gasteiger charge is -2.35. The van der Waals surface area contributed by atoms with E-state index in [0.29, 0.717) is 38.9 Å². The third kappa shape index (κ3) is 5.46. The van der Waals surface area contributed by atoms with Gasteiger partial charge in [-0.15, -0.1) is 0 Å². The third-order valence-electron chi connectivity index (χ3n) is 5.57. The van der Waals surface area contributed by atoms with Crippen LogP contribution in [0.25, 0.3) is 0 Å². The molecule has 0 bridgehead atoms. The number of rotatable bonds is 5. The minimum atomic E-state index is -4.35. The molecule has 1 aromatic carbocycles. The predicted octanol–water partition coefficient (Wildman–Crippen LogP) is 2.58. The summed E-state index contributed by atoms with van der Waals surface area (Å²) in [5, 5.41) is 6.37. The Labute approximate surface area is 163 Å². The van der Waals surface area contributed by atoms with Crippen molar-refractivity contribution in [1.29, 1.82) is 0 Å². The van der Waals surface area contributed by atoms with Gasteiger partial charge in [-0.1, -0.05) is 12.1 Å². The molecule has 3 rings (SSSR count). The molecule has 1 amide bonds. The van der Waals surface area contributed by atoms with Crippen LogP contribution in [0.3, 0.4) is 0 Å². The van der Waals surface area contributed by atoms with Crippen molar-refractivity contribution < 1.29 is 22.7 Å². The topological polar surface area (TPSA) is 53.6 Å². The Morgan fingerprint density at radius 2 is 1.96 bits per heavy atom. The predicted molar refractivity (Wildman–Crippen MR) is 99.8 cm³/mol. The molecular weight excluding hydrogens is 371 g/mol. The Morgan fingerprint density at radius 3 is 2.57 bits per heavy atom. The van der Waals surface area contributed by atoms with Gasteiger partial charge in [0.05, 0.1) is 24.8 Å². The molecule has 1 aromatic rings. The summed E-state index contributed by atoms with van der Waals surface area (Å²) in [6.45, 7) is 5.80. The van der Waals surface area contributed by atoms with E-state index in [1.54, 1.807) is 0 Å². The van der Waals surface area contributed by atoms with Crippen molar-refractivity contribution in [2.24, 2.45) is 5.92 Å². The summed E-state index contributed by atoms with van der Waals surface area (Å²) >= 11 is 0. The molecule has 28 heavy (non-hydrogen) atoms. The maximum absolute atomic E-state index is 12.9. The Morgan fingerprint density at radius 1 is 1.29 bits per heavy atom. The number of halogens is 3. The number of hydrogen-bond donors (Lipinski definition) is 2. The van der Waals surface area contributed by atoms with E-state index in [9.17, 15) is 18.0 Å². The SMILES string of the molecule is C[C@H]1C[C@@H](C(=O)NCC(c2ccc(C(F)(F)F)cc2)N2CCOCC2)CCN1. The number of piperidine rings is 1. The van der Waals surface area contributed by atoms with Crippen LogP contribution in [0.15, 0.2) is 24.3 Å². The van der Waals surface area contributed by atoms with Crippen LogP contribution in [0.1, 0.15) is 36.9 Å². The number of ether oxygens (including phenoxy) is 1. The van der Waals surface area contributed by atoms with Crippen LogP contribution in [0.5, 0.6) is 0 Å². The van der Waals surface area contributed by atoms with E-state index in [1.165, 1.54) is 12.1 Å². The van der Waals surface area contributed by atoms with Gasteiger partial charge in [0.2, 0.25) is 5.91 Å². The summed E-state index contributed by atoms with van der Waals surface area (Å²) in [4.78, 5) is 14.8. The highest BCUT2D eigenvalue weighted by atomic mass is 19.4. The van der Waals surface area contributed by atoms with Crippen LogP contribution in [0.2, 0.25) is 0 Å². The van der Waals surface area contributed by atoms with Crippen molar-refractivity contribution in [3.05, 3.63) is 35.4 Å². The number of carbonyl (C=O) groups excluding carboxylic acids is 1. The van der Waals surface area contributed by atoms with Gasteiger partial charge in [-0.25, -0.2) is 0 Å². The first-order chi connectivity index (χ1) is 13.3. The normalized spacial score (nSPS) is 25.3. The minimum absolute atomic E-state index is 0.0193. The molecule has 156 valence electrons. The third-order valence-corrected chi connectivity index (χ3v) is 5.57. The van der Waals surface area contributed by atoms with Crippen molar-refractivity contribution in [2.75, 3.05) is 39.4 Å². The van der Waals surface area contributed by atoms with Crippen LogP contribution < -0.4 is 10.6 Å². The zero-order valence-corrected chi connectivity index (χ0v) is 16.1. The lowest BCUT2D eigenvalue weighted by molar-refractivity contribution is -0.137. The van der Waals surface area contributed by atoms with Crippen LogP contribution in [0.4, 0.5) is 13.2 Å². The van der Waals surface area contributed by atoms with E-state index < -0.39 is 11.7 Å². The van der Waals surface area contributed by atoms with Gasteiger partial charge >= 0.3 is 6.18 Å². The standard InChI is InChI=1S/C20H28F3N3O2/c1-14-12-16(6-7-24-14)19(27)25-13-18(26-8-10-28-11-9-26)15-2-4-17(5-3-15)20(21,22)23/h2-5,14,16,18,24H,6-13H2,1H3,(H,25,27)/t14-,16-,18?/m0/s1. The highest BCUT2D eigenvalue weighted by Crippen LogP contribution is 2.31. The average molecular weight is 399 g/mol. The molecule has 8 heteroatoms. The molecule has 2 aliphatic heterocycles. The fraction of sp³-hybridized carbons (Fsp3) is 0.650. The molecule has 5 nitrogen and oxygen atoms in total. The molecule has 2 N–H and O–H groups in total. The number of amides is 1. The van der Waals surface area contributed by atoms with Crippen LogP contribution >= 0.6 is 0 Å². The van der Waals surface area contributed by atoms with Gasteiger partial charge < -0.3 is 15.4 Å². The Balaban J connectivity index is 1.69. The number of nitrogens with one attached hydrogen (secondary N) is 2. The van der Waals surface area contributed by atoms with Gasteiger partial charge in [-0.2, -0.15) is 13.2 Å². The van der Waals surface area contributed by atoms with Gasteiger partial charge in [0.1, 0.15) is 0 Å². The lowest BCUT2D eigenvalue weighted by atomic mass is 9.92. The number of alkyl halides is 3. The van der Waals surface area contributed by atoms with E-state index in [0.717, 1.165) is 37.1 Å². The molecule has 2 saturated heterocycles. The van der Waals surface area contributed by atoms with Gasteiger partial charge in [-0.3, -0.25) is 9.69 Å². The maximum Gasteiger partial charge on any atom is 0.416 e. The van der Waals surface area contributed by atoms with Gasteiger partial charge in [0.25, 0.3) is 0 Å². The summed E-state index contributed by atoms with van der Waals surface area (Å²) in [5.74, 6) is 0.00714. The van der Waals surface area contributed by atoms with Crippen molar-refractivity contribution >= 4 is 5.91 Å². The summed E-state index contributed by atoms with van der Waals surface area (Å²) in [6, 6.07) is 5.39. The number of carbonyl (C=O) groups is 1. The maximum atomic E-state index is 12.9. The first-order valence-electron chi connectivity index (χ1n) is 9.84. The molecule has 2 aliphatic rings. The monoisotopic (exact) mass is 399 g/mol. The second kappa shape index (κ2) is 9.24. The van der Waals surface area contributed by atoms with Crippen LogP contribution in [-0.4, -0.2) is 56.2 Å². The van der Waals surface area contributed by atoms with Crippen molar-refractivity contribution in [1.82, 2.24) is 15.5 Å². The summed E-state index contributed by atoms with van der Waals surface area (Å²) in [7, 11) is 0. The van der Waals surface area contributed by atoms with E-state index in [4.69, 9.17) is 4.74 Å². The number of morpholine rings is 1. The van der Waals surface area contributed by atoms with Crippen molar-refractivity contribution in [2.45, 2.75) is 38.0 Å². The molecular formula is C20H28F3N3O2. The van der Waals surface area contributed by atoms with Gasteiger partial charge in [-0.05, 0) is 44.0 Å². The zero-order chi connectivity index (χ0) is 20.1. The number of hydrogen-bond acceptors (Lipinski definition) is 4. The molecule has 1 unspecified atom stereocenters. The molecule has 2 fully saturated rings. The van der Waals surface area contributed by atoms with Crippen molar-refractivity contribution in [3.8, 4) is 0 Å². The fourth-order valence-corrected chi connectivity index (χ4v) is 3.95. The Hall–Kier alpha value is -1.64. The molecule has 2 heterocycles. The van der Waals surface area contributed by atoms with E-state index in [2.05, 4.69) is 22.5 Å². The average Bonchev–Trinajstić information content (AvgIpc) is 2.68. The summed E-state index contributed by atoms with van der Waals surface area (Å²) in [5.41, 5.74) is 0.110. The highest BCUT2D eigenvalue weighted by molar-refractivity contribution is 5.78. The van der Waals surface area contributed by atoms with E-state index in [-0.39, 0.29) is 17.9 Å². The first kappa shape index (κ1) is 21.1. The molecule has 3 atom stereocenters. The number of nitrogens with zero attached hydrogens (tertiary/aromatic N) is 1. The summed E-state index contributed by atoms with van der Waals surface area (Å²) in [6.07, 6.45) is -2.75. The quantitative estimate of drug-likeness (QED) is 0.799. The Bertz CT molecular complexity index is 645. The van der Waals surface area contributed by atoms with Gasteiger partial charge in [0, 0.05) is 31.6 Å². The second-order valence-corrected chi connectivity index (χ2v) is 7.61. The van der Waals surface area contributed by atoms with E-state index in [1.807, 2.05) is 0 Å². The molecule has 0 spiro atoms. The highest BCUT2D eigenvalue weighted by Gasteiger charge is 2.31. The smallest absolute Gasteiger partial charge is 0.379 e. The van der Waals surface area contributed by atoms with Crippen LogP contribution in [0, 0.1) is 5.92 Å². The molecule has 0 aliphatic carbocycles. The second-order valence-electron chi connectivity index (χ2n) is 7.61. The van der Waals surface area contributed by atoms with Gasteiger partial charge in [0.15, 0.2) is 0 Å². The summed E-state index contributed by atoms with van der Waals surface area (Å²) < 4.78 is 44.0. The Kier molecular flexibility index (Phi) is 6.95. The first-order valence-corrected chi connectivity index (χ1v) is 9.84. The molecule has 0 radical (unpaired) electrons. The van der Waals surface area contributed by atoms with E-state index >= 15 is 0 Å². The fourth-order valence-electron chi connectivity index (χ4n) is 3.95. The van der Waals surface area contributed by atoms with Crippen LogP contribution in [-0.2, 0) is 15.7 Å². The lowest BCUT2D eigenvalue weighted by Crippen LogP contribution is -2.46. The largest absolute Gasteiger partial charge is 0.416 e. The molecule has 0 saturated carbocycles. The number of benzene rings is 1. The van der Waals surface area contributed by atoms with Crippen molar-refractivity contribution in [3.63, 3.8) is 0 Å². The molecule has 0 aromatic heterocycles. The zero-order valence-electron chi connectivity index (χ0n) is 16.1. The minimum Gasteiger partial charge on any atom is -0.379 e.